The summed E-state index contributed by atoms with van der Waals surface area (Å²) in [6.45, 7) is 1.60. The Labute approximate surface area is 125 Å². The molecule has 0 heterocycles. The van der Waals surface area contributed by atoms with E-state index in [9.17, 15) is 14.7 Å². The van der Waals surface area contributed by atoms with Crippen molar-refractivity contribution in [3.05, 3.63) is 28.7 Å². The fraction of sp³-hybridized carbons (Fsp3) is 0.429. The van der Waals surface area contributed by atoms with Crippen LogP contribution in [0.4, 0.5) is 0 Å². The topological polar surface area (TPSA) is 75.6 Å². The maximum atomic E-state index is 12.0. The van der Waals surface area contributed by atoms with Crippen LogP contribution in [0.25, 0.3) is 0 Å². The Kier molecular flexibility index (Phi) is 4.32. The molecular formula is C14H16BrNO4. The largest absolute Gasteiger partial charge is 0.481 e. The van der Waals surface area contributed by atoms with Crippen LogP contribution in [0.1, 0.15) is 26.2 Å². The lowest BCUT2D eigenvalue weighted by molar-refractivity contribution is -0.152. The Morgan fingerprint density at radius 3 is 2.65 bits per heavy atom. The minimum absolute atomic E-state index is 0.410. The van der Waals surface area contributed by atoms with E-state index in [0.29, 0.717) is 18.6 Å². The summed E-state index contributed by atoms with van der Waals surface area (Å²) in [7, 11) is 0. The lowest BCUT2D eigenvalue weighted by Gasteiger charge is -2.38. The van der Waals surface area contributed by atoms with Crippen LogP contribution in [0.2, 0.25) is 0 Å². The van der Waals surface area contributed by atoms with Gasteiger partial charge in [-0.3, -0.25) is 4.79 Å². The Balaban J connectivity index is 1.97. The molecular weight excluding hydrogens is 326 g/mol. The van der Waals surface area contributed by atoms with Gasteiger partial charge >= 0.3 is 5.97 Å². The van der Waals surface area contributed by atoms with Gasteiger partial charge in [-0.1, -0.05) is 22.0 Å². The first-order valence-corrected chi connectivity index (χ1v) is 7.20. The van der Waals surface area contributed by atoms with Gasteiger partial charge in [-0.15, -0.1) is 0 Å². The highest BCUT2D eigenvalue weighted by molar-refractivity contribution is 9.10. The SMILES string of the molecule is CC(Oc1cccc(Br)c1)C(=O)NC1(C(=O)O)CCC1. The number of halogens is 1. The summed E-state index contributed by atoms with van der Waals surface area (Å²) >= 11 is 3.32. The predicted molar refractivity (Wildman–Crippen MR) is 76.6 cm³/mol. The molecule has 0 aromatic heterocycles. The van der Waals surface area contributed by atoms with Crippen LogP contribution in [0.3, 0.4) is 0 Å². The highest BCUT2D eigenvalue weighted by atomic mass is 79.9. The Morgan fingerprint density at radius 2 is 2.15 bits per heavy atom. The highest BCUT2D eigenvalue weighted by Crippen LogP contribution is 2.32. The third kappa shape index (κ3) is 3.12. The molecule has 1 fully saturated rings. The summed E-state index contributed by atoms with van der Waals surface area (Å²) in [6, 6.07) is 7.14. The van der Waals surface area contributed by atoms with E-state index in [1.807, 2.05) is 6.07 Å². The maximum Gasteiger partial charge on any atom is 0.329 e. The zero-order valence-corrected chi connectivity index (χ0v) is 12.6. The molecule has 1 amide bonds. The van der Waals surface area contributed by atoms with Crippen LogP contribution in [0.15, 0.2) is 28.7 Å². The number of nitrogens with one attached hydrogen (secondary N) is 1. The molecule has 5 nitrogen and oxygen atoms in total. The van der Waals surface area contributed by atoms with Gasteiger partial charge in [0.05, 0.1) is 0 Å². The zero-order chi connectivity index (χ0) is 14.8. The van der Waals surface area contributed by atoms with Crippen LogP contribution < -0.4 is 10.1 Å². The minimum Gasteiger partial charge on any atom is -0.481 e. The third-order valence-corrected chi connectivity index (χ3v) is 3.95. The van der Waals surface area contributed by atoms with Gasteiger partial charge in [0.25, 0.3) is 5.91 Å². The highest BCUT2D eigenvalue weighted by Gasteiger charge is 2.46. The van der Waals surface area contributed by atoms with E-state index in [-0.39, 0.29) is 0 Å². The van der Waals surface area contributed by atoms with Crippen molar-refractivity contribution in [2.45, 2.75) is 37.8 Å². The van der Waals surface area contributed by atoms with Crippen molar-refractivity contribution in [1.82, 2.24) is 5.32 Å². The number of carboxylic acids is 1. The van der Waals surface area contributed by atoms with Crippen molar-refractivity contribution in [3.8, 4) is 5.75 Å². The summed E-state index contributed by atoms with van der Waals surface area (Å²) in [5.74, 6) is -0.834. The second-order valence-electron chi connectivity index (χ2n) is 4.95. The van der Waals surface area contributed by atoms with Gasteiger partial charge in [0.2, 0.25) is 0 Å². The van der Waals surface area contributed by atoms with E-state index >= 15 is 0 Å². The summed E-state index contributed by atoms with van der Waals surface area (Å²) < 4.78 is 6.37. The molecule has 20 heavy (non-hydrogen) atoms. The van der Waals surface area contributed by atoms with Crippen molar-refractivity contribution >= 4 is 27.8 Å². The van der Waals surface area contributed by atoms with Gasteiger partial charge in [-0.05, 0) is 44.4 Å². The number of hydrogen-bond acceptors (Lipinski definition) is 3. The fourth-order valence-electron chi connectivity index (χ4n) is 2.06. The van der Waals surface area contributed by atoms with E-state index in [1.54, 1.807) is 25.1 Å². The monoisotopic (exact) mass is 341 g/mol. The zero-order valence-electron chi connectivity index (χ0n) is 11.1. The number of benzene rings is 1. The quantitative estimate of drug-likeness (QED) is 0.861. The van der Waals surface area contributed by atoms with Crippen molar-refractivity contribution in [2.75, 3.05) is 0 Å². The van der Waals surface area contributed by atoms with Crippen LogP contribution >= 0.6 is 15.9 Å². The van der Waals surface area contributed by atoms with Gasteiger partial charge in [0.15, 0.2) is 6.10 Å². The summed E-state index contributed by atoms with van der Waals surface area (Å²) in [5.41, 5.74) is -1.11. The van der Waals surface area contributed by atoms with Crippen molar-refractivity contribution in [2.24, 2.45) is 0 Å². The summed E-state index contributed by atoms with van der Waals surface area (Å²) in [4.78, 5) is 23.2. The Morgan fingerprint density at radius 1 is 1.45 bits per heavy atom. The third-order valence-electron chi connectivity index (χ3n) is 3.46. The van der Waals surface area contributed by atoms with Gasteiger partial charge in [0.1, 0.15) is 11.3 Å². The Bertz CT molecular complexity index is 528. The Hall–Kier alpha value is -1.56. The molecule has 0 aliphatic heterocycles. The number of carboxylic acid groups (broad SMARTS) is 1. The molecule has 1 unspecified atom stereocenters. The second kappa shape index (κ2) is 5.83. The minimum atomic E-state index is -1.11. The van der Waals surface area contributed by atoms with E-state index < -0.39 is 23.5 Å². The van der Waals surface area contributed by atoms with E-state index in [4.69, 9.17) is 4.74 Å². The molecule has 0 radical (unpaired) electrons. The van der Waals surface area contributed by atoms with Crippen molar-refractivity contribution in [3.63, 3.8) is 0 Å². The second-order valence-corrected chi connectivity index (χ2v) is 5.86. The van der Waals surface area contributed by atoms with Crippen LogP contribution in [-0.2, 0) is 9.59 Å². The smallest absolute Gasteiger partial charge is 0.329 e. The van der Waals surface area contributed by atoms with Gasteiger partial charge in [0, 0.05) is 4.47 Å². The van der Waals surface area contributed by atoms with E-state index in [1.165, 1.54) is 0 Å². The molecule has 1 aliphatic carbocycles. The molecule has 1 aromatic carbocycles. The van der Waals surface area contributed by atoms with Gasteiger partial charge in [-0.25, -0.2) is 4.79 Å². The van der Waals surface area contributed by atoms with Crippen LogP contribution in [0, 0.1) is 0 Å². The first-order valence-electron chi connectivity index (χ1n) is 6.41. The van der Waals surface area contributed by atoms with Crippen LogP contribution in [0.5, 0.6) is 5.75 Å². The lowest BCUT2D eigenvalue weighted by Crippen LogP contribution is -2.61. The first kappa shape index (κ1) is 14.8. The number of amides is 1. The number of ether oxygens (including phenoxy) is 1. The number of rotatable bonds is 5. The molecule has 0 spiro atoms. The number of hydrogen-bond donors (Lipinski definition) is 2. The molecule has 1 atom stereocenters. The van der Waals surface area contributed by atoms with Crippen molar-refractivity contribution < 1.29 is 19.4 Å². The molecule has 6 heteroatoms. The molecule has 2 rings (SSSR count). The predicted octanol–water partition coefficient (Wildman–Crippen LogP) is 2.34. The number of carbonyl (C=O) groups is 2. The van der Waals surface area contributed by atoms with Crippen LogP contribution in [-0.4, -0.2) is 28.6 Å². The molecule has 1 aromatic rings. The molecule has 2 N–H and O–H groups in total. The van der Waals surface area contributed by atoms with E-state index in [0.717, 1.165) is 10.9 Å². The fourth-order valence-corrected chi connectivity index (χ4v) is 2.44. The number of aliphatic carboxylic acids is 1. The van der Waals surface area contributed by atoms with Gasteiger partial charge in [-0.2, -0.15) is 0 Å². The standard InChI is InChI=1S/C14H16BrNO4/c1-9(20-11-5-2-4-10(15)8-11)12(17)16-14(13(18)19)6-3-7-14/h2,4-5,8-9H,3,6-7H2,1H3,(H,16,17)(H,18,19). The molecule has 0 saturated heterocycles. The number of carbonyl (C=O) groups excluding carboxylic acids is 1. The lowest BCUT2D eigenvalue weighted by atomic mass is 9.76. The molecule has 0 bridgehead atoms. The average molecular weight is 342 g/mol. The molecule has 1 aliphatic rings. The summed E-state index contributed by atoms with van der Waals surface area (Å²) in [6.07, 6.45) is 1.00. The summed E-state index contributed by atoms with van der Waals surface area (Å²) in [5, 5.41) is 11.8. The van der Waals surface area contributed by atoms with Gasteiger partial charge < -0.3 is 15.2 Å². The molecule has 1 saturated carbocycles. The normalized spacial score (nSPS) is 17.7. The first-order chi connectivity index (χ1) is 9.43. The van der Waals surface area contributed by atoms with Crippen molar-refractivity contribution in [1.29, 1.82) is 0 Å². The maximum absolute atomic E-state index is 12.0. The average Bonchev–Trinajstić information content (AvgIpc) is 2.32. The van der Waals surface area contributed by atoms with E-state index in [2.05, 4.69) is 21.2 Å². The molecule has 108 valence electrons.